The molecule has 3 heterocycles. The van der Waals surface area contributed by atoms with Crippen LogP contribution in [0.25, 0.3) is 0 Å². The van der Waals surface area contributed by atoms with Crippen LogP contribution >= 0.6 is 74.0 Å². The lowest BCUT2D eigenvalue weighted by Crippen LogP contribution is -2.45. The highest BCUT2D eigenvalue weighted by atomic mass is 35.5. The van der Waals surface area contributed by atoms with E-state index in [1.54, 1.807) is 0 Å². The van der Waals surface area contributed by atoms with Gasteiger partial charge in [0.05, 0.1) is 45.0 Å². The minimum Gasteiger partial charge on any atom is -0.379 e. The predicted molar refractivity (Wildman–Crippen MR) is 199 cm³/mol. The molecular weight excluding hydrogens is 778 g/mol. The van der Waals surface area contributed by atoms with Gasteiger partial charge in [0.25, 0.3) is 0 Å². The zero-order valence-corrected chi connectivity index (χ0v) is 34.1. The van der Waals surface area contributed by atoms with Gasteiger partial charge < -0.3 is 38.7 Å². The molecular formula is C27H60Cl5N5O9P2. The van der Waals surface area contributed by atoms with E-state index in [1.807, 2.05) is 0 Å². The molecule has 3 aliphatic rings. The molecule has 0 atom stereocenters. The second kappa shape index (κ2) is 31.9. The van der Waals surface area contributed by atoms with Gasteiger partial charge in [-0.25, -0.2) is 0 Å². The summed E-state index contributed by atoms with van der Waals surface area (Å²) in [5.74, 6) is 1.53. The minimum absolute atomic E-state index is 0. The summed E-state index contributed by atoms with van der Waals surface area (Å²) in [6.07, 6.45) is -1.41. The fourth-order valence-electron chi connectivity index (χ4n) is 4.62. The van der Waals surface area contributed by atoms with E-state index in [4.69, 9.17) is 80.2 Å². The van der Waals surface area contributed by atoms with Gasteiger partial charge in [0.15, 0.2) is 0 Å². The number of ether oxygens (including phenoxy) is 3. The van der Waals surface area contributed by atoms with Crippen molar-refractivity contribution in [2.24, 2.45) is 0 Å². The fraction of sp³-hybridized carbons (Fsp3) is 1.00. The third kappa shape index (κ3) is 32.1. The molecule has 48 heavy (non-hydrogen) atoms. The molecule has 3 aliphatic heterocycles. The second-order valence-corrected chi connectivity index (χ2v) is 16.0. The average Bonchev–Trinajstić information content (AvgIpc) is 3.01. The Morgan fingerprint density at radius 1 is 0.625 bits per heavy atom. The molecule has 0 radical (unpaired) electrons. The third-order valence-electron chi connectivity index (χ3n) is 7.09. The summed E-state index contributed by atoms with van der Waals surface area (Å²) < 4.78 is 36.9. The monoisotopic (exact) mass is 835 g/mol. The Labute approximate surface area is 314 Å². The minimum atomic E-state index is -4.31. The summed E-state index contributed by atoms with van der Waals surface area (Å²) in [4.78, 5) is 44.7. The number of nitrogens with zero attached hydrogens (tertiary/aromatic N) is 5. The molecule has 0 saturated carbocycles. The predicted octanol–water partition coefficient (Wildman–Crippen LogP) is 2.60. The first-order chi connectivity index (χ1) is 22.3. The van der Waals surface area contributed by atoms with Gasteiger partial charge in [0.1, 0.15) is 12.6 Å². The van der Waals surface area contributed by atoms with Crippen LogP contribution in [-0.4, -0.2) is 204 Å². The molecule has 0 unspecified atom stereocenters. The molecule has 0 aromatic carbocycles. The van der Waals surface area contributed by atoms with Crippen LogP contribution in [0.2, 0.25) is 0 Å². The third-order valence-corrected chi connectivity index (χ3v) is 9.41. The van der Waals surface area contributed by atoms with Gasteiger partial charge in [0.2, 0.25) is 0 Å². The Morgan fingerprint density at radius 3 is 1.23 bits per heavy atom. The van der Waals surface area contributed by atoms with Crippen LogP contribution in [0.5, 0.6) is 0 Å². The van der Waals surface area contributed by atoms with Crippen molar-refractivity contribution >= 4 is 74.0 Å². The highest BCUT2D eigenvalue weighted by molar-refractivity contribution is 7.52. The summed E-state index contributed by atoms with van der Waals surface area (Å²) in [5, 5.41) is 0.219. The number of halogens is 5. The van der Waals surface area contributed by atoms with Gasteiger partial charge in [-0.2, -0.15) is 0 Å². The van der Waals surface area contributed by atoms with Crippen molar-refractivity contribution in [2.75, 3.05) is 155 Å². The molecule has 0 amide bonds. The molecule has 0 bridgehead atoms. The van der Waals surface area contributed by atoms with Crippen LogP contribution in [0.1, 0.15) is 13.8 Å². The Bertz CT molecular complexity index is 776. The highest BCUT2D eigenvalue weighted by Gasteiger charge is 2.25. The average molecular weight is 838 g/mol. The maximum atomic E-state index is 10.6. The van der Waals surface area contributed by atoms with E-state index in [0.29, 0.717) is 0 Å². The molecule has 3 rings (SSSR count). The summed E-state index contributed by atoms with van der Waals surface area (Å²) in [6.45, 7) is 21.8. The number of hydrogen-bond acceptors (Lipinski definition) is 10. The summed E-state index contributed by atoms with van der Waals surface area (Å²) in [7, 11) is -8.63. The maximum absolute atomic E-state index is 10.6. The molecule has 0 spiro atoms. The van der Waals surface area contributed by atoms with Gasteiger partial charge in [-0.3, -0.25) is 28.7 Å². The van der Waals surface area contributed by atoms with Crippen molar-refractivity contribution in [3.63, 3.8) is 0 Å². The molecule has 4 N–H and O–H groups in total. The van der Waals surface area contributed by atoms with Gasteiger partial charge >= 0.3 is 15.2 Å². The van der Waals surface area contributed by atoms with Crippen LogP contribution in [0.4, 0.5) is 0 Å². The molecule has 0 aromatic rings. The highest BCUT2D eigenvalue weighted by Crippen LogP contribution is 2.40. The van der Waals surface area contributed by atoms with Crippen LogP contribution in [-0.2, 0) is 23.3 Å². The van der Waals surface area contributed by atoms with Crippen LogP contribution < -0.4 is 0 Å². The maximum Gasteiger partial charge on any atom is 0.339 e. The van der Waals surface area contributed by atoms with Crippen LogP contribution in [0.3, 0.4) is 0 Å². The zero-order valence-electron chi connectivity index (χ0n) is 28.4. The van der Waals surface area contributed by atoms with Crippen LogP contribution in [0, 0.1) is 0 Å². The largest absolute Gasteiger partial charge is 0.379 e. The van der Waals surface area contributed by atoms with Crippen molar-refractivity contribution < 1.29 is 42.9 Å². The molecule has 292 valence electrons. The van der Waals surface area contributed by atoms with Gasteiger partial charge in [0, 0.05) is 89.6 Å². The van der Waals surface area contributed by atoms with E-state index in [9.17, 15) is 9.13 Å². The smallest absolute Gasteiger partial charge is 0.339 e. The Balaban J connectivity index is 0. The Kier molecular flexibility index (Phi) is 34.3. The lowest BCUT2D eigenvalue weighted by molar-refractivity contribution is 0.0258. The number of alkyl halides is 4. The van der Waals surface area contributed by atoms with E-state index in [1.165, 1.54) is 0 Å². The first-order valence-electron chi connectivity index (χ1n) is 16.0. The SMILES string of the molecule is CCN(CC)CCCl.Cl.ClC(CN1CCOCC1)CN1CCOCC1.ClCCN1CCOCC1.O=P(O)(O)CN(CCCl)CP(=O)(O)O. The van der Waals surface area contributed by atoms with Crippen LogP contribution in [0.15, 0.2) is 0 Å². The number of morpholine rings is 3. The topological polar surface area (TPSA) is 159 Å². The van der Waals surface area contributed by atoms with Gasteiger partial charge in [-0.1, -0.05) is 13.8 Å². The first-order valence-corrected chi connectivity index (χ1v) is 21.7. The fourth-order valence-corrected chi connectivity index (χ4v) is 7.41. The van der Waals surface area contributed by atoms with Crippen molar-refractivity contribution in [1.29, 1.82) is 0 Å². The van der Waals surface area contributed by atoms with Crippen molar-refractivity contribution in [1.82, 2.24) is 24.5 Å². The number of rotatable bonds is 16. The van der Waals surface area contributed by atoms with E-state index in [-0.39, 0.29) is 30.2 Å². The zero-order chi connectivity index (χ0) is 35.6. The standard InChI is InChI=1S/C11H21ClN2O2.C6H12ClNO.C6H14ClN.C4H12ClNO6P2.ClH/c12-11(9-13-1-5-15-6-2-13)10-14-3-7-16-8-4-14;7-1-2-8-3-5-9-6-4-8;1-3-8(4-2)6-5-7;5-1-2-6(3-13(7,8)9)4-14(10,11)12;/h11H,1-10H2;1-6H2;3-6H2,1-2H3;1-4H2,(H2,7,8,9)(H2,10,11,12);1H. The Hall–Kier alpha value is 1.43. The van der Waals surface area contributed by atoms with E-state index >= 15 is 0 Å². The normalized spacial score (nSPS) is 18.3. The molecule has 0 aliphatic carbocycles. The van der Waals surface area contributed by atoms with Crippen molar-refractivity contribution in [3.8, 4) is 0 Å². The van der Waals surface area contributed by atoms with Gasteiger partial charge in [-0.05, 0) is 13.1 Å². The summed E-state index contributed by atoms with van der Waals surface area (Å²) in [6, 6.07) is 0. The lowest BCUT2D eigenvalue weighted by atomic mass is 10.3. The number of hydrogen-bond donors (Lipinski definition) is 4. The van der Waals surface area contributed by atoms with Crippen molar-refractivity contribution in [3.05, 3.63) is 0 Å². The molecule has 3 fully saturated rings. The molecule has 21 heteroatoms. The van der Waals surface area contributed by atoms with E-state index < -0.39 is 27.8 Å². The molecule has 3 saturated heterocycles. The first kappa shape index (κ1) is 51.5. The molecule has 14 nitrogen and oxygen atoms in total. The lowest BCUT2D eigenvalue weighted by Gasteiger charge is -2.32. The molecule has 0 aromatic heterocycles. The quantitative estimate of drug-likeness (QED) is 0.133. The van der Waals surface area contributed by atoms with E-state index in [0.717, 1.165) is 135 Å². The summed E-state index contributed by atoms with van der Waals surface area (Å²) >= 11 is 22.8. The van der Waals surface area contributed by atoms with Gasteiger partial charge in [-0.15, -0.1) is 58.8 Å². The second-order valence-electron chi connectivity index (χ2n) is 11.0. The Morgan fingerprint density at radius 2 is 0.958 bits per heavy atom. The van der Waals surface area contributed by atoms with Crippen molar-refractivity contribution in [2.45, 2.75) is 19.2 Å². The summed E-state index contributed by atoms with van der Waals surface area (Å²) in [5.41, 5.74) is 0. The van der Waals surface area contributed by atoms with E-state index in [2.05, 4.69) is 33.4 Å².